The van der Waals surface area contributed by atoms with Crippen LogP contribution in [0.25, 0.3) is 0 Å². The maximum Gasteiger partial charge on any atom is 0.0545 e. The number of aromatic nitrogens is 1. The van der Waals surface area contributed by atoms with Crippen LogP contribution < -0.4 is 0 Å². The first-order chi connectivity index (χ1) is 6.09. The van der Waals surface area contributed by atoms with Crippen molar-refractivity contribution in [2.75, 3.05) is 0 Å². The molecule has 0 fully saturated rings. The number of aryl methyl sites for hydroxylation is 1. The van der Waals surface area contributed by atoms with Crippen molar-refractivity contribution in [3.8, 4) is 0 Å². The molecule has 74 valence electrons. The molecule has 1 aromatic heterocycles. The zero-order valence-corrected chi connectivity index (χ0v) is 9.82. The third kappa shape index (κ3) is 3.47. The quantitative estimate of drug-likeness (QED) is 0.714. The Morgan fingerprint density at radius 1 is 1.31 bits per heavy atom. The summed E-state index contributed by atoms with van der Waals surface area (Å²) in [6.45, 7) is 8.96. The van der Waals surface area contributed by atoms with Crippen molar-refractivity contribution in [3.05, 3.63) is 16.6 Å². The van der Waals surface area contributed by atoms with E-state index in [0.717, 1.165) is 12.3 Å². The number of hydrogen-bond donors (Lipinski definition) is 0. The third-order valence-corrected chi connectivity index (χ3v) is 3.25. The molecular weight excluding hydrogens is 178 g/mol. The van der Waals surface area contributed by atoms with Gasteiger partial charge in [-0.15, -0.1) is 0 Å². The summed E-state index contributed by atoms with van der Waals surface area (Å²) in [7, 11) is 0. The second-order valence-electron chi connectivity index (χ2n) is 4.31. The van der Waals surface area contributed by atoms with Gasteiger partial charge in [0.15, 0.2) is 0 Å². The Balaban J connectivity index is 2.49. The van der Waals surface area contributed by atoms with Crippen LogP contribution in [0, 0.1) is 5.92 Å². The van der Waals surface area contributed by atoms with E-state index in [1.54, 1.807) is 11.5 Å². The van der Waals surface area contributed by atoms with Gasteiger partial charge in [0.2, 0.25) is 0 Å². The topological polar surface area (TPSA) is 12.9 Å². The number of rotatable bonds is 4. The SMILES string of the molecule is CC(C)CCc1cc(C(C)C)sn1. The van der Waals surface area contributed by atoms with E-state index in [0.29, 0.717) is 5.92 Å². The van der Waals surface area contributed by atoms with Gasteiger partial charge in [-0.3, -0.25) is 0 Å². The third-order valence-electron chi connectivity index (χ3n) is 2.12. The van der Waals surface area contributed by atoms with Gasteiger partial charge in [-0.05, 0) is 42.3 Å². The van der Waals surface area contributed by atoms with Crippen molar-refractivity contribution >= 4 is 11.5 Å². The summed E-state index contributed by atoms with van der Waals surface area (Å²) in [6.07, 6.45) is 2.39. The van der Waals surface area contributed by atoms with Gasteiger partial charge >= 0.3 is 0 Å². The smallest absolute Gasteiger partial charge is 0.0545 e. The Hall–Kier alpha value is -0.370. The van der Waals surface area contributed by atoms with E-state index < -0.39 is 0 Å². The van der Waals surface area contributed by atoms with Crippen molar-refractivity contribution in [1.29, 1.82) is 0 Å². The summed E-state index contributed by atoms with van der Waals surface area (Å²) in [5.41, 5.74) is 1.28. The molecule has 0 N–H and O–H groups in total. The molecule has 13 heavy (non-hydrogen) atoms. The maximum atomic E-state index is 4.45. The molecule has 0 aliphatic carbocycles. The predicted octanol–water partition coefficient (Wildman–Crippen LogP) is 3.86. The van der Waals surface area contributed by atoms with Crippen LogP contribution in [-0.2, 0) is 6.42 Å². The van der Waals surface area contributed by atoms with E-state index in [2.05, 4.69) is 38.1 Å². The highest BCUT2D eigenvalue weighted by atomic mass is 32.1. The second-order valence-corrected chi connectivity index (χ2v) is 5.14. The molecule has 1 nitrogen and oxygen atoms in total. The van der Waals surface area contributed by atoms with Crippen LogP contribution >= 0.6 is 11.5 Å². The minimum atomic E-state index is 0.630. The molecule has 0 unspecified atom stereocenters. The maximum absolute atomic E-state index is 4.45. The normalized spacial score (nSPS) is 11.5. The minimum absolute atomic E-state index is 0.630. The standard InChI is InChI=1S/C11H19NS/c1-8(2)5-6-10-7-11(9(3)4)13-12-10/h7-9H,5-6H2,1-4H3. The number of hydrogen-bond acceptors (Lipinski definition) is 2. The average molecular weight is 197 g/mol. The van der Waals surface area contributed by atoms with Gasteiger partial charge in [-0.2, -0.15) is 4.37 Å². The van der Waals surface area contributed by atoms with Gasteiger partial charge in [-0.1, -0.05) is 27.7 Å². The van der Waals surface area contributed by atoms with Gasteiger partial charge in [0.1, 0.15) is 0 Å². The highest BCUT2D eigenvalue weighted by Crippen LogP contribution is 2.21. The lowest BCUT2D eigenvalue weighted by atomic mass is 10.1. The second kappa shape index (κ2) is 4.75. The molecule has 1 rings (SSSR count). The Bertz CT molecular complexity index is 250. The van der Waals surface area contributed by atoms with Gasteiger partial charge < -0.3 is 0 Å². The summed E-state index contributed by atoms with van der Waals surface area (Å²) in [5.74, 6) is 1.41. The van der Waals surface area contributed by atoms with Gasteiger partial charge in [0, 0.05) is 4.88 Å². The van der Waals surface area contributed by atoms with Crippen molar-refractivity contribution in [2.45, 2.75) is 46.5 Å². The zero-order valence-electron chi connectivity index (χ0n) is 9.00. The molecule has 0 amide bonds. The molecule has 0 saturated heterocycles. The molecule has 0 aliphatic heterocycles. The largest absolute Gasteiger partial charge is 0.197 e. The van der Waals surface area contributed by atoms with Crippen molar-refractivity contribution < 1.29 is 0 Å². The van der Waals surface area contributed by atoms with Crippen molar-refractivity contribution in [1.82, 2.24) is 4.37 Å². The molecule has 0 spiro atoms. The molecule has 0 aromatic carbocycles. The Labute approximate surface area is 85.4 Å². The first-order valence-corrected chi connectivity index (χ1v) is 5.82. The van der Waals surface area contributed by atoms with Gasteiger partial charge in [-0.25, -0.2) is 0 Å². The summed E-state index contributed by atoms with van der Waals surface area (Å²) < 4.78 is 4.45. The molecule has 0 bridgehead atoms. The van der Waals surface area contributed by atoms with Crippen LogP contribution in [0.1, 0.15) is 50.6 Å². The lowest BCUT2D eigenvalue weighted by Crippen LogP contribution is -1.91. The van der Waals surface area contributed by atoms with E-state index in [9.17, 15) is 0 Å². The van der Waals surface area contributed by atoms with Gasteiger partial charge in [0.25, 0.3) is 0 Å². The summed E-state index contributed by atoms with van der Waals surface area (Å²) in [4.78, 5) is 1.42. The molecule has 0 radical (unpaired) electrons. The van der Waals surface area contributed by atoms with E-state index in [1.807, 2.05) is 0 Å². The molecule has 2 heteroatoms. The van der Waals surface area contributed by atoms with Gasteiger partial charge in [0.05, 0.1) is 5.69 Å². The highest BCUT2D eigenvalue weighted by molar-refractivity contribution is 7.05. The average Bonchev–Trinajstić information content (AvgIpc) is 2.48. The molecule has 0 saturated carbocycles. The lowest BCUT2D eigenvalue weighted by molar-refractivity contribution is 0.583. The first kappa shape index (κ1) is 10.7. The van der Waals surface area contributed by atoms with Crippen LogP contribution in [0.3, 0.4) is 0 Å². The van der Waals surface area contributed by atoms with E-state index in [1.165, 1.54) is 17.0 Å². The van der Waals surface area contributed by atoms with Crippen molar-refractivity contribution in [3.63, 3.8) is 0 Å². The predicted molar refractivity (Wildman–Crippen MR) is 59.4 cm³/mol. The summed E-state index contributed by atoms with van der Waals surface area (Å²) in [5, 5.41) is 0. The Morgan fingerprint density at radius 3 is 2.46 bits per heavy atom. The first-order valence-electron chi connectivity index (χ1n) is 5.05. The van der Waals surface area contributed by atoms with Crippen LogP contribution in [0.15, 0.2) is 6.07 Å². The fraction of sp³-hybridized carbons (Fsp3) is 0.727. The molecule has 0 aliphatic rings. The molecule has 1 aromatic rings. The van der Waals surface area contributed by atoms with E-state index >= 15 is 0 Å². The molecular formula is C11H19NS. The monoisotopic (exact) mass is 197 g/mol. The fourth-order valence-electron chi connectivity index (χ4n) is 1.15. The summed E-state index contributed by atoms with van der Waals surface area (Å²) in [6, 6.07) is 2.26. The molecule has 1 heterocycles. The van der Waals surface area contributed by atoms with Crippen LogP contribution in [0.2, 0.25) is 0 Å². The number of nitrogens with zero attached hydrogens (tertiary/aromatic N) is 1. The van der Waals surface area contributed by atoms with E-state index in [4.69, 9.17) is 0 Å². The fourth-order valence-corrected chi connectivity index (χ4v) is 1.92. The summed E-state index contributed by atoms with van der Waals surface area (Å²) >= 11 is 1.66. The molecule has 0 atom stereocenters. The minimum Gasteiger partial charge on any atom is -0.197 e. The van der Waals surface area contributed by atoms with Crippen LogP contribution in [0.5, 0.6) is 0 Å². The Morgan fingerprint density at radius 2 is 2.00 bits per heavy atom. The Kier molecular flexibility index (Phi) is 3.91. The van der Waals surface area contributed by atoms with Crippen LogP contribution in [-0.4, -0.2) is 4.37 Å². The van der Waals surface area contributed by atoms with E-state index in [-0.39, 0.29) is 0 Å². The highest BCUT2D eigenvalue weighted by Gasteiger charge is 2.05. The van der Waals surface area contributed by atoms with Crippen molar-refractivity contribution in [2.24, 2.45) is 5.92 Å². The van der Waals surface area contributed by atoms with Crippen LogP contribution in [0.4, 0.5) is 0 Å². The lowest BCUT2D eigenvalue weighted by Gasteiger charge is -2.00. The zero-order chi connectivity index (χ0) is 9.84.